The molecule has 2 unspecified atom stereocenters. The summed E-state index contributed by atoms with van der Waals surface area (Å²) in [6.45, 7) is 0. The van der Waals surface area contributed by atoms with Gasteiger partial charge in [-0.3, -0.25) is 0 Å². The summed E-state index contributed by atoms with van der Waals surface area (Å²) in [5, 5.41) is 4.57. The molecule has 0 saturated carbocycles. The van der Waals surface area contributed by atoms with Gasteiger partial charge in [-0.1, -0.05) is 42.5 Å². The number of hydrogen-bond acceptors (Lipinski definition) is 4. The standard InChI is InChI=1S/C26H19N3O2/c1-2-9-22-21(8-1)23-12-11-20(17-25(23)29-24(22)13-15-28-29)30-18-6-5-7-19(16-18)31-26-10-3-4-14-27-26/h1-17,21-22H. The third kappa shape index (κ3) is 3.20. The summed E-state index contributed by atoms with van der Waals surface area (Å²) in [4.78, 5) is 4.20. The van der Waals surface area contributed by atoms with Gasteiger partial charge in [0, 0.05) is 42.4 Å². The smallest absolute Gasteiger partial charge is 0.219 e. The highest BCUT2D eigenvalue weighted by molar-refractivity contribution is 5.56. The van der Waals surface area contributed by atoms with Crippen LogP contribution in [0.4, 0.5) is 0 Å². The number of fused-ring (bicyclic) bond motifs is 6. The Morgan fingerprint density at radius 3 is 2.42 bits per heavy atom. The van der Waals surface area contributed by atoms with Crippen molar-refractivity contribution >= 4 is 0 Å². The van der Waals surface area contributed by atoms with Crippen molar-refractivity contribution in [3.63, 3.8) is 0 Å². The van der Waals surface area contributed by atoms with Crippen LogP contribution >= 0.6 is 0 Å². The Labute approximate surface area is 179 Å². The minimum atomic E-state index is 0.312. The summed E-state index contributed by atoms with van der Waals surface area (Å²) in [6, 6.07) is 21.4. The third-order valence-corrected chi connectivity index (χ3v) is 5.64. The van der Waals surface area contributed by atoms with E-state index >= 15 is 0 Å². The fourth-order valence-electron chi connectivity index (χ4n) is 4.27. The van der Waals surface area contributed by atoms with E-state index in [2.05, 4.69) is 52.6 Å². The highest BCUT2D eigenvalue weighted by atomic mass is 16.5. The average Bonchev–Trinajstić information content (AvgIpc) is 3.31. The molecular formula is C26H19N3O2. The lowest BCUT2D eigenvalue weighted by molar-refractivity contribution is 0.448. The van der Waals surface area contributed by atoms with Gasteiger partial charge in [0.15, 0.2) is 0 Å². The molecule has 0 radical (unpaired) electrons. The molecule has 1 aliphatic heterocycles. The zero-order valence-corrected chi connectivity index (χ0v) is 16.6. The molecule has 150 valence electrons. The first kappa shape index (κ1) is 17.7. The molecule has 6 rings (SSSR count). The van der Waals surface area contributed by atoms with E-state index in [0.717, 1.165) is 11.4 Å². The van der Waals surface area contributed by atoms with Crippen molar-refractivity contribution in [1.29, 1.82) is 0 Å². The number of rotatable bonds is 4. The van der Waals surface area contributed by atoms with Crippen molar-refractivity contribution in [2.75, 3.05) is 0 Å². The monoisotopic (exact) mass is 405 g/mol. The van der Waals surface area contributed by atoms with Crippen LogP contribution in [0.5, 0.6) is 23.1 Å². The van der Waals surface area contributed by atoms with Gasteiger partial charge in [0.2, 0.25) is 5.88 Å². The van der Waals surface area contributed by atoms with E-state index in [4.69, 9.17) is 9.47 Å². The van der Waals surface area contributed by atoms with Crippen LogP contribution in [0.25, 0.3) is 5.69 Å². The molecule has 2 aromatic heterocycles. The van der Waals surface area contributed by atoms with E-state index in [1.54, 1.807) is 6.20 Å². The molecule has 4 aromatic rings. The quantitative estimate of drug-likeness (QED) is 0.408. The third-order valence-electron chi connectivity index (χ3n) is 5.64. The van der Waals surface area contributed by atoms with Crippen molar-refractivity contribution in [3.05, 3.63) is 115 Å². The summed E-state index contributed by atoms with van der Waals surface area (Å²) in [6.07, 6.45) is 12.3. The Morgan fingerprint density at radius 1 is 0.710 bits per heavy atom. The van der Waals surface area contributed by atoms with Crippen molar-refractivity contribution in [1.82, 2.24) is 14.8 Å². The van der Waals surface area contributed by atoms with Gasteiger partial charge in [-0.15, -0.1) is 0 Å². The molecule has 0 N–H and O–H groups in total. The molecule has 31 heavy (non-hydrogen) atoms. The molecule has 0 spiro atoms. The predicted octanol–water partition coefficient (Wildman–Crippen LogP) is 6.16. The lowest BCUT2D eigenvalue weighted by atomic mass is 9.78. The molecule has 3 heterocycles. The summed E-state index contributed by atoms with van der Waals surface area (Å²) in [5.41, 5.74) is 3.50. The SMILES string of the molecule is C1=CC2c3ccc(Oc4cccc(Oc5ccccn5)c4)cc3-n3nccc3C2C=C1. The van der Waals surface area contributed by atoms with Gasteiger partial charge in [0.05, 0.1) is 11.4 Å². The maximum absolute atomic E-state index is 6.18. The first-order chi connectivity index (χ1) is 15.3. The first-order valence-corrected chi connectivity index (χ1v) is 10.3. The summed E-state index contributed by atoms with van der Waals surface area (Å²) in [7, 11) is 0. The molecule has 2 aromatic carbocycles. The average molecular weight is 405 g/mol. The minimum absolute atomic E-state index is 0.312. The Hall–Kier alpha value is -4.12. The molecule has 5 heteroatoms. The van der Waals surface area contributed by atoms with E-state index in [9.17, 15) is 0 Å². The van der Waals surface area contributed by atoms with Crippen LogP contribution in [-0.4, -0.2) is 14.8 Å². The molecule has 0 amide bonds. The van der Waals surface area contributed by atoms with Gasteiger partial charge in [0.1, 0.15) is 17.2 Å². The second-order valence-corrected chi connectivity index (χ2v) is 7.56. The highest BCUT2D eigenvalue weighted by Gasteiger charge is 2.32. The Morgan fingerprint density at radius 2 is 1.55 bits per heavy atom. The number of nitrogens with zero attached hydrogens (tertiary/aromatic N) is 3. The van der Waals surface area contributed by atoms with Gasteiger partial charge >= 0.3 is 0 Å². The van der Waals surface area contributed by atoms with E-state index in [1.165, 1.54) is 11.3 Å². The van der Waals surface area contributed by atoms with Gasteiger partial charge in [-0.25, -0.2) is 9.67 Å². The van der Waals surface area contributed by atoms with Crippen LogP contribution in [0.3, 0.4) is 0 Å². The molecule has 0 bridgehead atoms. The molecule has 1 aliphatic carbocycles. The lowest BCUT2D eigenvalue weighted by Gasteiger charge is -2.32. The minimum Gasteiger partial charge on any atom is -0.457 e. The summed E-state index contributed by atoms with van der Waals surface area (Å²) >= 11 is 0. The van der Waals surface area contributed by atoms with Crippen LogP contribution in [0.2, 0.25) is 0 Å². The Bertz CT molecular complexity index is 1310. The zero-order chi connectivity index (χ0) is 20.6. The van der Waals surface area contributed by atoms with E-state index in [0.29, 0.717) is 29.2 Å². The van der Waals surface area contributed by atoms with Gasteiger partial charge in [0.25, 0.3) is 0 Å². The van der Waals surface area contributed by atoms with E-state index in [1.807, 2.05) is 59.4 Å². The van der Waals surface area contributed by atoms with Crippen LogP contribution in [0.1, 0.15) is 23.1 Å². The molecule has 0 saturated heterocycles. The molecule has 2 atom stereocenters. The van der Waals surface area contributed by atoms with Crippen molar-refractivity contribution in [3.8, 4) is 28.8 Å². The number of aromatic nitrogens is 3. The lowest BCUT2D eigenvalue weighted by Crippen LogP contribution is -2.21. The van der Waals surface area contributed by atoms with Crippen molar-refractivity contribution in [2.24, 2.45) is 0 Å². The highest BCUT2D eigenvalue weighted by Crippen LogP contribution is 2.45. The predicted molar refractivity (Wildman–Crippen MR) is 118 cm³/mol. The maximum Gasteiger partial charge on any atom is 0.219 e. The van der Waals surface area contributed by atoms with Gasteiger partial charge in [-0.05, 0) is 35.9 Å². The normalized spacial score (nSPS) is 18.1. The van der Waals surface area contributed by atoms with Crippen LogP contribution in [0.15, 0.2) is 103 Å². The Balaban J connectivity index is 1.31. The molecular weight excluding hydrogens is 386 g/mol. The summed E-state index contributed by atoms with van der Waals surface area (Å²) < 4.78 is 14.0. The number of pyridine rings is 1. The molecule has 0 fully saturated rings. The van der Waals surface area contributed by atoms with E-state index < -0.39 is 0 Å². The van der Waals surface area contributed by atoms with Crippen LogP contribution in [0, 0.1) is 0 Å². The maximum atomic E-state index is 6.18. The number of allylic oxidation sites excluding steroid dienone is 4. The number of benzene rings is 2. The number of hydrogen-bond donors (Lipinski definition) is 0. The molecule has 5 nitrogen and oxygen atoms in total. The topological polar surface area (TPSA) is 49.2 Å². The largest absolute Gasteiger partial charge is 0.457 e. The van der Waals surface area contributed by atoms with Crippen molar-refractivity contribution in [2.45, 2.75) is 11.8 Å². The van der Waals surface area contributed by atoms with Crippen molar-refractivity contribution < 1.29 is 9.47 Å². The zero-order valence-electron chi connectivity index (χ0n) is 16.6. The second-order valence-electron chi connectivity index (χ2n) is 7.56. The number of ether oxygens (including phenoxy) is 2. The Kier molecular flexibility index (Phi) is 4.17. The molecule has 2 aliphatic rings. The summed E-state index contributed by atoms with van der Waals surface area (Å²) in [5.74, 6) is 3.29. The van der Waals surface area contributed by atoms with E-state index in [-0.39, 0.29) is 0 Å². The van der Waals surface area contributed by atoms with Gasteiger partial charge in [-0.2, -0.15) is 5.10 Å². The fourth-order valence-corrected chi connectivity index (χ4v) is 4.27. The second kappa shape index (κ2) is 7.29. The van der Waals surface area contributed by atoms with Gasteiger partial charge < -0.3 is 9.47 Å². The first-order valence-electron chi connectivity index (χ1n) is 10.3. The fraction of sp³-hybridized carbons (Fsp3) is 0.0769. The van der Waals surface area contributed by atoms with Crippen LogP contribution < -0.4 is 9.47 Å². The van der Waals surface area contributed by atoms with Crippen LogP contribution in [-0.2, 0) is 0 Å².